The summed E-state index contributed by atoms with van der Waals surface area (Å²) in [4.78, 5) is 10.5. The first kappa shape index (κ1) is 10.6. The second-order valence-electron chi connectivity index (χ2n) is 3.30. The van der Waals surface area contributed by atoms with E-state index in [1.54, 1.807) is 0 Å². The smallest absolute Gasteiger partial charge is 0.135 e. The van der Waals surface area contributed by atoms with Gasteiger partial charge in [-0.05, 0) is 31.9 Å². The number of carbonyl (C=O) groups excluding carboxylic acids is 1. The highest BCUT2D eigenvalue weighted by Gasteiger charge is 2.08. The molecule has 1 aromatic rings. The van der Waals surface area contributed by atoms with Crippen LogP contribution in [0.4, 0.5) is 0 Å². The average molecular weight is 193 g/mol. The Bertz CT molecular complexity index is 324. The summed E-state index contributed by atoms with van der Waals surface area (Å²) < 4.78 is 5.28. The van der Waals surface area contributed by atoms with E-state index in [0.29, 0.717) is 5.75 Å². The molecule has 1 atom stereocenters. The Balaban J connectivity index is 2.91. The van der Waals surface area contributed by atoms with Crippen LogP contribution in [-0.2, 0) is 4.79 Å². The molecule has 0 saturated carbocycles. The zero-order chi connectivity index (χ0) is 10.7. The number of carboxylic acid groups (broad SMARTS) is 1. The van der Waals surface area contributed by atoms with Gasteiger partial charge < -0.3 is 14.6 Å². The molecule has 0 aliphatic rings. The Kier molecular flexibility index (Phi) is 3.12. The van der Waals surface area contributed by atoms with Gasteiger partial charge in [0.25, 0.3) is 0 Å². The molecule has 0 aromatic heterocycles. The number of rotatable bonds is 3. The van der Waals surface area contributed by atoms with Crippen LogP contribution in [0.1, 0.15) is 18.1 Å². The molecule has 0 radical (unpaired) electrons. The van der Waals surface area contributed by atoms with Crippen molar-refractivity contribution >= 4 is 5.97 Å². The molecule has 0 fully saturated rings. The lowest BCUT2D eigenvalue weighted by atomic mass is 10.1. The Morgan fingerprint density at radius 2 is 1.86 bits per heavy atom. The van der Waals surface area contributed by atoms with Gasteiger partial charge in [-0.2, -0.15) is 0 Å². The molecule has 0 spiro atoms. The van der Waals surface area contributed by atoms with Crippen molar-refractivity contribution in [2.24, 2.45) is 0 Å². The van der Waals surface area contributed by atoms with Crippen molar-refractivity contribution < 1.29 is 14.6 Å². The van der Waals surface area contributed by atoms with Gasteiger partial charge in [-0.15, -0.1) is 0 Å². The quantitative estimate of drug-likeness (QED) is 0.714. The number of carboxylic acids is 1. The fourth-order valence-electron chi connectivity index (χ4n) is 1.21. The predicted octanol–water partition coefficient (Wildman–Crippen LogP) is 0.821. The number of carbonyl (C=O) groups is 1. The van der Waals surface area contributed by atoms with Crippen molar-refractivity contribution in [1.29, 1.82) is 0 Å². The lowest BCUT2D eigenvalue weighted by molar-refractivity contribution is -0.312. The minimum Gasteiger partial charge on any atom is -0.546 e. The van der Waals surface area contributed by atoms with Gasteiger partial charge in [-0.1, -0.05) is 18.2 Å². The van der Waals surface area contributed by atoms with Gasteiger partial charge in [-0.3, -0.25) is 0 Å². The van der Waals surface area contributed by atoms with Crippen LogP contribution in [0.3, 0.4) is 0 Å². The molecule has 0 unspecified atom stereocenters. The Labute approximate surface area is 83.3 Å². The second-order valence-corrected chi connectivity index (χ2v) is 3.30. The van der Waals surface area contributed by atoms with Crippen LogP contribution in [0.2, 0.25) is 0 Å². The fraction of sp³-hybridized carbons (Fsp3) is 0.364. The first-order chi connectivity index (χ1) is 6.52. The van der Waals surface area contributed by atoms with Crippen LogP contribution in [0.5, 0.6) is 5.75 Å². The first-order valence-electron chi connectivity index (χ1n) is 4.46. The van der Waals surface area contributed by atoms with Crippen LogP contribution in [0, 0.1) is 13.8 Å². The van der Waals surface area contributed by atoms with Gasteiger partial charge >= 0.3 is 0 Å². The summed E-state index contributed by atoms with van der Waals surface area (Å²) in [7, 11) is 0. The molecule has 76 valence electrons. The van der Waals surface area contributed by atoms with Crippen LogP contribution >= 0.6 is 0 Å². The topological polar surface area (TPSA) is 49.4 Å². The monoisotopic (exact) mass is 193 g/mol. The summed E-state index contributed by atoms with van der Waals surface area (Å²) >= 11 is 0. The normalized spacial score (nSPS) is 12.2. The summed E-state index contributed by atoms with van der Waals surface area (Å²) in [5, 5.41) is 10.5. The Morgan fingerprint density at radius 1 is 1.36 bits per heavy atom. The number of hydrogen-bond donors (Lipinski definition) is 0. The van der Waals surface area contributed by atoms with Crippen molar-refractivity contribution in [2.45, 2.75) is 26.9 Å². The standard InChI is InChI=1S/C11H14O3/c1-7-5-4-6-8(2)10(7)14-9(3)11(12)13/h4-6,9H,1-3H3,(H,12,13)/p-1/t9-/m0/s1. The molecule has 1 aromatic carbocycles. The molecule has 3 nitrogen and oxygen atoms in total. The number of ether oxygens (including phenoxy) is 1. The highest BCUT2D eigenvalue weighted by Crippen LogP contribution is 2.23. The van der Waals surface area contributed by atoms with Gasteiger partial charge in [-0.25, -0.2) is 0 Å². The van der Waals surface area contributed by atoms with E-state index >= 15 is 0 Å². The van der Waals surface area contributed by atoms with E-state index in [4.69, 9.17) is 4.74 Å². The summed E-state index contributed by atoms with van der Waals surface area (Å²) in [6.07, 6.45) is -0.921. The average Bonchev–Trinajstić information content (AvgIpc) is 2.11. The highest BCUT2D eigenvalue weighted by molar-refractivity contribution is 5.70. The summed E-state index contributed by atoms with van der Waals surface area (Å²) in [5.74, 6) is -0.572. The molecule has 0 aliphatic heterocycles. The van der Waals surface area contributed by atoms with Crippen LogP contribution in [-0.4, -0.2) is 12.1 Å². The number of aryl methyl sites for hydroxylation is 2. The molecule has 1 rings (SSSR count). The lowest BCUT2D eigenvalue weighted by Crippen LogP contribution is -2.37. The fourth-order valence-corrected chi connectivity index (χ4v) is 1.21. The molecular weight excluding hydrogens is 180 g/mol. The summed E-state index contributed by atoms with van der Waals surface area (Å²) in [6.45, 7) is 5.22. The van der Waals surface area contributed by atoms with Crippen molar-refractivity contribution in [3.63, 3.8) is 0 Å². The minimum absolute atomic E-state index is 0.629. The predicted molar refractivity (Wildman–Crippen MR) is 51.0 cm³/mol. The molecule has 0 aliphatic carbocycles. The van der Waals surface area contributed by atoms with Crippen LogP contribution in [0.25, 0.3) is 0 Å². The van der Waals surface area contributed by atoms with Gasteiger partial charge in [0.1, 0.15) is 11.9 Å². The summed E-state index contributed by atoms with van der Waals surface area (Å²) in [5.41, 5.74) is 1.86. The van der Waals surface area contributed by atoms with Crippen molar-refractivity contribution in [3.8, 4) is 5.75 Å². The van der Waals surface area contributed by atoms with Crippen LogP contribution in [0.15, 0.2) is 18.2 Å². The van der Waals surface area contributed by atoms with Crippen molar-refractivity contribution in [3.05, 3.63) is 29.3 Å². The van der Waals surface area contributed by atoms with E-state index in [1.807, 2.05) is 32.0 Å². The van der Waals surface area contributed by atoms with Crippen LogP contribution < -0.4 is 9.84 Å². The van der Waals surface area contributed by atoms with Crippen molar-refractivity contribution in [1.82, 2.24) is 0 Å². The van der Waals surface area contributed by atoms with E-state index in [9.17, 15) is 9.90 Å². The maximum Gasteiger partial charge on any atom is 0.135 e. The van der Waals surface area contributed by atoms with Gasteiger partial charge in [0.15, 0.2) is 0 Å². The third kappa shape index (κ3) is 2.25. The molecule has 0 bridgehead atoms. The third-order valence-electron chi connectivity index (χ3n) is 2.04. The van der Waals surface area contributed by atoms with E-state index in [-0.39, 0.29) is 0 Å². The minimum atomic E-state index is -1.20. The maximum absolute atomic E-state index is 10.5. The molecule has 0 saturated heterocycles. The van der Waals surface area contributed by atoms with E-state index < -0.39 is 12.1 Å². The lowest BCUT2D eigenvalue weighted by Gasteiger charge is -2.18. The number of benzene rings is 1. The van der Waals surface area contributed by atoms with E-state index in [1.165, 1.54) is 6.92 Å². The summed E-state index contributed by atoms with van der Waals surface area (Å²) in [6, 6.07) is 5.66. The van der Waals surface area contributed by atoms with Gasteiger partial charge in [0.05, 0.1) is 5.97 Å². The number of hydrogen-bond acceptors (Lipinski definition) is 3. The molecular formula is C11H13O3-. The molecule has 14 heavy (non-hydrogen) atoms. The van der Waals surface area contributed by atoms with Gasteiger partial charge in [0, 0.05) is 0 Å². The third-order valence-corrected chi connectivity index (χ3v) is 2.04. The SMILES string of the molecule is Cc1cccc(C)c1O[C@@H](C)C(=O)[O-]. The molecule has 0 amide bonds. The molecule has 0 N–H and O–H groups in total. The first-order valence-corrected chi connectivity index (χ1v) is 4.46. The Hall–Kier alpha value is -1.51. The molecule has 0 heterocycles. The zero-order valence-electron chi connectivity index (χ0n) is 8.53. The second kappa shape index (κ2) is 4.13. The zero-order valence-corrected chi connectivity index (χ0v) is 8.53. The largest absolute Gasteiger partial charge is 0.546 e. The Morgan fingerprint density at radius 3 is 2.29 bits per heavy atom. The number of para-hydroxylation sites is 1. The van der Waals surface area contributed by atoms with E-state index in [2.05, 4.69) is 0 Å². The van der Waals surface area contributed by atoms with Gasteiger partial charge in [0.2, 0.25) is 0 Å². The number of aliphatic carboxylic acids is 1. The van der Waals surface area contributed by atoms with Crippen molar-refractivity contribution in [2.75, 3.05) is 0 Å². The highest BCUT2D eigenvalue weighted by atomic mass is 16.5. The maximum atomic E-state index is 10.5. The molecule has 3 heteroatoms. The van der Waals surface area contributed by atoms with E-state index in [0.717, 1.165) is 11.1 Å².